The van der Waals surface area contributed by atoms with E-state index in [0.717, 1.165) is 13.0 Å². The summed E-state index contributed by atoms with van der Waals surface area (Å²) < 4.78 is 0.357. The van der Waals surface area contributed by atoms with Gasteiger partial charge in [0.25, 0.3) is 0 Å². The molecule has 1 aliphatic heterocycles. The lowest BCUT2D eigenvalue weighted by Gasteiger charge is -2.25. The Morgan fingerprint density at radius 2 is 2.45 bits per heavy atom. The number of carbonyl (C=O) groups excluding carboxylic acids is 1. The molecule has 1 heterocycles. The molecule has 0 bridgehead atoms. The predicted molar refractivity (Wildman–Crippen MR) is 48.7 cm³/mol. The van der Waals surface area contributed by atoms with E-state index in [-0.39, 0.29) is 0 Å². The molecule has 1 aliphatic rings. The zero-order chi connectivity index (χ0) is 8.32. The first-order chi connectivity index (χ1) is 5.17. The van der Waals surface area contributed by atoms with Crippen molar-refractivity contribution in [1.82, 2.24) is 5.32 Å². The number of thioether (sulfide) groups is 1. The van der Waals surface area contributed by atoms with Crippen molar-refractivity contribution in [3.8, 4) is 0 Å². The lowest BCUT2D eigenvalue weighted by atomic mass is 9.93. The molecule has 64 valence electrons. The fourth-order valence-electron chi connectivity index (χ4n) is 1.47. The van der Waals surface area contributed by atoms with Crippen LogP contribution >= 0.6 is 11.8 Å². The maximum Gasteiger partial charge on any atom is 0.207 e. The second-order valence-electron chi connectivity index (χ2n) is 3.46. The third kappa shape index (κ3) is 2.12. The molecule has 0 aromatic carbocycles. The Hall–Kier alpha value is -0.180. The number of hydrogen-bond acceptors (Lipinski definition) is 2. The van der Waals surface area contributed by atoms with Gasteiger partial charge in [-0.3, -0.25) is 4.79 Å². The molecule has 1 rings (SSSR count). The van der Waals surface area contributed by atoms with Crippen LogP contribution in [0.2, 0.25) is 0 Å². The van der Waals surface area contributed by atoms with Gasteiger partial charge in [-0.15, -0.1) is 0 Å². The molecule has 0 aromatic rings. The summed E-state index contributed by atoms with van der Waals surface area (Å²) in [6, 6.07) is 0. The molecule has 0 radical (unpaired) electrons. The van der Waals surface area contributed by atoms with Crippen LogP contribution in [-0.4, -0.2) is 23.5 Å². The molecule has 11 heavy (non-hydrogen) atoms. The summed E-state index contributed by atoms with van der Waals surface area (Å²) in [5.41, 5.74) is 0. The van der Waals surface area contributed by atoms with Gasteiger partial charge in [-0.2, -0.15) is 11.8 Å². The molecule has 1 saturated heterocycles. The van der Waals surface area contributed by atoms with E-state index in [0.29, 0.717) is 10.7 Å². The van der Waals surface area contributed by atoms with Crippen molar-refractivity contribution in [2.24, 2.45) is 5.92 Å². The number of rotatable bonds is 3. The molecule has 1 N–H and O–H groups in total. The number of nitrogens with one attached hydrogen (secondary N) is 1. The average molecular weight is 173 g/mol. The minimum absolute atomic E-state index is 0.357. The van der Waals surface area contributed by atoms with E-state index in [1.807, 2.05) is 11.8 Å². The second-order valence-corrected chi connectivity index (χ2v) is 5.21. The van der Waals surface area contributed by atoms with E-state index < -0.39 is 0 Å². The smallest absolute Gasteiger partial charge is 0.207 e. The average Bonchev–Trinajstić information content (AvgIpc) is 2.25. The van der Waals surface area contributed by atoms with Gasteiger partial charge in [0, 0.05) is 11.3 Å². The van der Waals surface area contributed by atoms with Gasteiger partial charge in [0.1, 0.15) is 0 Å². The van der Waals surface area contributed by atoms with E-state index >= 15 is 0 Å². The van der Waals surface area contributed by atoms with Crippen LogP contribution < -0.4 is 5.32 Å². The van der Waals surface area contributed by atoms with Crippen LogP contribution in [0.3, 0.4) is 0 Å². The summed E-state index contributed by atoms with van der Waals surface area (Å²) in [5, 5.41) is 2.75. The van der Waals surface area contributed by atoms with Crippen LogP contribution in [0.1, 0.15) is 20.3 Å². The zero-order valence-corrected chi connectivity index (χ0v) is 7.91. The quantitative estimate of drug-likeness (QED) is 0.651. The van der Waals surface area contributed by atoms with Crippen molar-refractivity contribution in [2.45, 2.75) is 25.0 Å². The SMILES string of the molecule is CC1(C)SCCC1CNC=O. The van der Waals surface area contributed by atoms with Gasteiger partial charge in [0.2, 0.25) is 6.41 Å². The maximum absolute atomic E-state index is 10.1. The highest BCUT2D eigenvalue weighted by atomic mass is 32.2. The van der Waals surface area contributed by atoms with Crippen molar-refractivity contribution in [2.75, 3.05) is 12.3 Å². The third-order valence-electron chi connectivity index (χ3n) is 2.37. The molecule has 0 saturated carbocycles. The Bertz CT molecular complexity index is 147. The van der Waals surface area contributed by atoms with Crippen molar-refractivity contribution in [3.63, 3.8) is 0 Å². The zero-order valence-electron chi connectivity index (χ0n) is 7.09. The van der Waals surface area contributed by atoms with Gasteiger partial charge in [0.05, 0.1) is 0 Å². The first-order valence-electron chi connectivity index (χ1n) is 3.98. The highest BCUT2D eigenvalue weighted by molar-refractivity contribution is 8.00. The van der Waals surface area contributed by atoms with E-state index in [1.54, 1.807) is 0 Å². The standard InChI is InChI=1S/C8H15NOS/c1-8(2)7(3-4-11-8)5-9-6-10/h6-7H,3-5H2,1-2H3,(H,9,10). The highest BCUT2D eigenvalue weighted by Crippen LogP contribution is 2.41. The van der Waals surface area contributed by atoms with Gasteiger partial charge in [-0.25, -0.2) is 0 Å². The molecular formula is C8H15NOS. The van der Waals surface area contributed by atoms with Gasteiger partial charge in [-0.05, 0) is 18.1 Å². The highest BCUT2D eigenvalue weighted by Gasteiger charge is 2.34. The molecule has 1 atom stereocenters. The van der Waals surface area contributed by atoms with Crippen LogP contribution in [0.25, 0.3) is 0 Å². The molecular weight excluding hydrogens is 158 g/mol. The fourth-order valence-corrected chi connectivity index (χ4v) is 2.83. The minimum atomic E-state index is 0.357. The summed E-state index contributed by atoms with van der Waals surface area (Å²) in [6.45, 7) is 5.34. The van der Waals surface area contributed by atoms with Crippen molar-refractivity contribution >= 4 is 18.2 Å². The minimum Gasteiger partial charge on any atom is -0.358 e. The Balaban J connectivity index is 2.38. The van der Waals surface area contributed by atoms with Gasteiger partial charge in [0.15, 0.2) is 0 Å². The summed E-state index contributed by atoms with van der Waals surface area (Å²) in [4.78, 5) is 10.1. The number of carbonyl (C=O) groups is 1. The van der Waals surface area contributed by atoms with Crippen LogP contribution in [0, 0.1) is 5.92 Å². The fraction of sp³-hybridized carbons (Fsp3) is 0.875. The van der Waals surface area contributed by atoms with Crippen LogP contribution in [0.15, 0.2) is 0 Å². The maximum atomic E-state index is 10.1. The Kier molecular flexibility index (Phi) is 2.82. The lowest BCUT2D eigenvalue weighted by molar-refractivity contribution is -0.109. The van der Waals surface area contributed by atoms with E-state index in [9.17, 15) is 4.79 Å². The first kappa shape index (κ1) is 8.91. The molecule has 1 fully saturated rings. The van der Waals surface area contributed by atoms with Gasteiger partial charge < -0.3 is 5.32 Å². The normalized spacial score (nSPS) is 28.4. The van der Waals surface area contributed by atoms with Crippen LogP contribution in [0.4, 0.5) is 0 Å². The van der Waals surface area contributed by atoms with Crippen molar-refractivity contribution in [3.05, 3.63) is 0 Å². The summed E-state index contributed by atoms with van der Waals surface area (Å²) in [7, 11) is 0. The Morgan fingerprint density at radius 3 is 2.91 bits per heavy atom. The Labute approximate surface area is 72.1 Å². The van der Waals surface area contributed by atoms with E-state index in [1.165, 1.54) is 12.2 Å². The molecule has 1 amide bonds. The molecule has 0 aliphatic carbocycles. The van der Waals surface area contributed by atoms with E-state index in [2.05, 4.69) is 19.2 Å². The van der Waals surface area contributed by atoms with Gasteiger partial charge >= 0.3 is 0 Å². The third-order valence-corrected chi connectivity index (χ3v) is 3.89. The van der Waals surface area contributed by atoms with Crippen molar-refractivity contribution in [1.29, 1.82) is 0 Å². The largest absolute Gasteiger partial charge is 0.358 e. The molecule has 0 spiro atoms. The lowest BCUT2D eigenvalue weighted by Crippen LogP contribution is -2.31. The predicted octanol–water partition coefficient (Wildman–Crippen LogP) is 1.26. The van der Waals surface area contributed by atoms with Crippen LogP contribution in [0.5, 0.6) is 0 Å². The summed E-state index contributed by atoms with van der Waals surface area (Å²) >= 11 is 2.00. The Morgan fingerprint density at radius 1 is 1.73 bits per heavy atom. The van der Waals surface area contributed by atoms with Crippen LogP contribution in [-0.2, 0) is 4.79 Å². The molecule has 2 nitrogen and oxygen atoms in total. The molecule has 3 heteroatoms. The summed E-state index contributed by atoms with van der Waals surface area (Å²) in [5.74, 6) is 1.88. The monoisotopic (exact) mass is 173 g/mol. The summed E-state index contributed by atoms with van der Waals surface area (Å²) in [6.07, 6.45) is 2.03. The number of amides is 1. The molecule has 0 aromatic heterocycles. The number of hydrogen-bond donors (Lipinski definition) is 1. The van der Waals surface area contributed by atoms with Gasteiger partial charge in [-0.1, -0.05) is 13.8 Å². The topological polar surface area (TPSA) is 29.1 Å². The first-order valence-corrected chi connectivity index (χ1v) is 4.96. The second kappa shape index (κ2) is 3.48. The molecule has 1 unspecified atom stereocenters. The van der Waals surface area contributed by atoms with E-state index in [4.69, 9.17) is 0 Å². The van der Waals surface area contributed by atoms with Crippen molar-refractivity contribution < 1.29 is 4.79 Å².